The van der Waals surface area contributed by atoms with E-state index >= 15 is 0 Å². The molecule has 174 valence electrons. The number of anilines is 1. The number of aryl methyl sites for hydroxylation is 1. The Labute approximate surface area is 213 Å². The first-order chi connectivity index (χ1) is 16.4. The minimum Gasteiger partial charge on any atom is -0.345 e. The van der Waals surface area contributed by atoms with E-state index < -0.39 is 0 Å². The van der Waals surface area contributed by atoms with Gasteiger partial charge >= 0.3 is 0 Å². The molecule has 0 atom stereocenters. The molecule has 0 saturated heterocycles. The Hall–Kier alpha value is -3.02. The van der Waals surface area contributed by atoms with Crippen LogP contribution in [0.2, 0.25) is 0 Å². The normalized spacial score (nSPS) is 10.8. The molecule has 4 aromatic rings. The first-order valence-electron chi connectivity index (χ1n) is 10.3. The van der Waals surface area contributed by atoms with E-state index in [9.17, 15) is 9.59 Å². The van der Waals surface area contributed by atoms with Crippen molar-refractivity contribution < 1.29 is 9.59 Å². The van der Waals surface area contributed by atoms with Crippen LogP contribution in [0.25, 0.3) is 11.3 Å². The topological polar surface area (TPSA) is 102 Å². The van der Waals surface area contributed by atoms with Gasteiger partial charge in [0.05, 0.1) is 18.0 Å². The SMILES string of the molecule is Cc1cccc(C(=O)NCc2nnc(SCC(=O)Nc3nc(-c4ccc(Br)cc4)cs3)n2C)c1. The third kappa shape index (κ3) is 6.10. The van der Waals surface area contributed by atoms with Crippen molar-refractivity contribution in [2.75, 3.05) is 11.1 Å². The van der Waals surface area contributed by atoms with Crippen LogP contribution in [0.3, 0.4) is 0 Å². The van der Waals surface area contributed by atoms with Crippen LogP contribution in [0.4, 0.5) is 5.13 Å². The lowest BCUT2D eigenvalue weighted by molar-refractivity contribution is -0.113. The molecule has 8 nitrogen and oxygen atoms in total. The Bertz CT molecular complexity index is 1320. The van der Waals surface area contributed by atoms with Crippen LogP contribution in [-0.2, 0) is 18.4 Å². The second kappa shape index (κ2) is 10.9. The predicted octanol–water partition coefficient (Wildman–Crippen LogP) is 4.67. The molecule has 11 heteroatoms. The van der Waals surface area contributed by atoms with Crippen molar-refractivity contribution in [1.29, 1.82) is 0 Å². The second-order valence-electron chi connectivity index (χ2n) is 7.39. The highest BCUT2D eigenvalue weighted by Crippen LogP contribution is 2.26. The minimum atomic E-state index is -0.181. The molecule has 0 unspecified atom stereocenters. The van der Waals surface area contributed by atoms with E-state index in [1.165, 1.54) is 23.1 Å². The standard InChI is InChI=1S/C23H21BrN6O2S2/c1-14-4-3-5-16(10-14)21(32)25-11-19-28-29-23(30(19)2)34-13-20(31)27-22-26-18(12-33-22)15-6-8-17(24)9-7-15/h3-10,12H,11,13H2,1-2H3,(H,25,32)(H,26,27,31). The van der Waals surface area contributed by atoms with Crippen molar-refractivity contribution in [1.82, 2.24) is 25.1 Å². The van der Waals surface area contributed by atoms with Crippen molar-refractivity contribution in [3.05, 3.63) is 75.3 Å². The largest absolute Gasteiger partial charge is 0.345 e. The molecule has 2 aromatic heterocycles. The van der Waals surface area contributed by atoms with E-state index in [0.717, 1.165) is 21.3 Å². The van der Waals surface area contributed by atoms with Gasteiger partial charge in [0.15, 0.2) is 16.1 Å². The summed E-state index contributed by atoms with van der Waals surface area (Å²) in [5.74, 6) is 0.405. The van der Waals surface area contributed by atoms with Gasteiger partial charge in [-0.25, -0.2) is 4.98 Å². The molecule has 0 aliphatic rings. The highest BCUT2D eigenvalue weighted by Gasteiger charge is 2.14. The zero-order valence-corrected chi connectivity index (χ0v) is 21.6. The third-order valence-electron chi connectivity index (χ3n) is 4.84. The fourth-order valence-corrected chi connectivity index (χ4v) is 4.77. The highest BCUT2D eigenvalue weighted by atomic mass is 79.9. The van der Waals surface area contributed by atoms with Gasteiger partial charge in [0, 0.05) is 28.0 Å². The van der Waals surface area contributed by atoms with Crippen LogP contribution in [0.15, 0.2) is 63.5 Å². The van der Waals surface area contributed by atoms with Crippen LogP contribution in [0.5, 0.6) is 0 Å². The number of benzene rings is 2. The zero-order chi connectivity index (χ0) is 24.1. The average molecular weight is 557 g/mol. The molecule has 4 rings (SSSR count). The summed E-state index contributed by atoms with van der Waals surface area (Å²) in [5.41, 5.74) is 3.41. The molecule has 2 heterocycles. The van der Waals surface area contributed by atoms with Crippen LogP contribution < -0.4 is 10.6 Å². The van der Waals surface area contributed by atoms with Gasteiger partial charge in [0.25, 0.3) is 5.91 Å². The quantitative estimate of drug-likeness (QED) is 0.306. The number of rotatable bonds is 8. The summed E-state index contributed by atoms with van der Waals surface area (Å²) >= 11 is 6.06. The fraction of sp³-hybridized carbons (Fsp3) is 0.174. The zero-order valence-electron chi connectivity index (χ0n) is 18.4. The summed E-state index contributed by atoms with van der Waals surface area (Å²) in [6, 6.07) is 15.2. The molecule has 0 spiro atoms. The van der Waals surface area contributed by atoms with Gasteiger partial charge in [-0.3, -0.25) is 9.59 Å². The Morgan fingerprint density at radius 2 is 1.94 bits per heavy atom. The number of hydrogen-bond acceptors (Lipinski definition) is 7. The first kappa shape index (κ1) is 24.1. The Balaban J connectivity index is 1.28. The Morgan fingerprint density at radius 3 is 2.71 bits per heavy atom. The lowest BCUT2D eigenvalue weighted by Crippen LogP contribution is -2.24. The summed E-state index contributed by atoms with van der Waals surface area (Å²) in [4.78, 5) is 29.2. The number of thioether (sulfide) groups is 1. The molecule has 0 bridgehead atoms. The summed E-state index contributed by atoms with van der Waals surface area (Å²) < 4.78 is 2.77. The number of halogens is 1. The van der Waals surface area contributed by atoms with Crippen molar-refractivity contribution in [2.24, 2.45) is 7.05 Å². The monoisotopic (exact) mass is 556 g/mol. The van der Waals surface area contributed by atoms with Crippen molar-refractivity contribution in [2.45, 2.75) is 18.6 Å². The third-order valence-corrected chi connectivity index (χ3v) is 7.14. The summed E-state index contributed by atoms with van der Waals surface area (Å²) in [6.07, 6.45) is 0. The van der Waals surface area contributed by atoms with E-state index in [1.807, 2.05) is 54.8 Å². The molecule has 2 amide bonds. The maximum atomic E-state index is 12.4. The number of thiazole rings is 1. The molecule has 0 fully saturated rings. The molecule has 34 heavy (non-hydrogen) atoms. The summed E-state index contributed by atoms with van der Waals surface area (Å²) in [7, 11) is 1.81. The molecule has 0 radical (unpaired) electrons. The number of amides is 2. The number of carbonyl (C=O) groups is 2. The lowest BCUT2D eigenvalue weighted by Gasteiger charge is -2.06. The first-order valence-corrected chi connectivity index (χ1v) is 12.9. The fourth-order valence-electron chi connectivity index (χ4n) is 3.04. The summed E-state index contributed by atoms with van der Waals surface area (Å²) in [5, 5.41) is 17.0. The van der Waals surface area contributed by atoms with E-state index in [4.69, 9.17) is 0 Å². The highest BCUT2D eigenvalue weighted by molar-refractivity contribution is 9.10. The molecular weight excluding hydrogens is 536 g/mol. The van der Waals surface area contributed by atoms with Gasteiger partial charge in [0.1, 0.15) is 0 Å². The van der Waals surface area contributed by atoms with E-state index in [0.29, 0.717) is 21.7 Å². The van der Waals surface area contributed by atoms with Crippen LogP contribution in [0.1, 0.15) is 21.7 Å². The molecule has 2 aromatic carbocycles. The van der Waals surface area contributed by atoms with Crippen LogP contribution >= 0.6 is 39.0 Å². The molecule has 0 saturated carbocycles. The molecule has 2 N–H and O–H groups in total. The van der Waals surface area contributed by atoms with Crippen molar-refractivity contribution in [3.8, 4) is 11.3 Å². The number of carbonyl (C=O) groups excluding carboxylic acids is 2. The van der Waals surface area contributed by atoms with Crippen LogP contribution in [0, 0.1) is 6.92 Å². The number of hydrogen-bond donors (Lipinski definition) is 2. The van der Waals surface area contributed by atoms with Crippen molar-refractivity contribution in [3.63, 3.8) is 0 Å². The number of nitrogens with zero attached hydrogens (tertiary/aromatic N) is 4. The predicted molar refractivity (Wildman–Crippen MR) is 138 cm³/mol. The van der Waals surface area contributed by atoms with Gasteiger partial charge < -0.3 is 15.2 Å². The Morgan fingerprint density at radius 1 is 1.15 bits per heavy atom. The number of nitrogens with one attached hydrogen (secondary N) is 2. The maximum Gasteiger partial charge on any atom is 0.251 e. The van der Waals surface area contributed by atoms with Crippen LogP contribution in [-0.4, -0.2) is 37.3 Å². The minimum absolute atomic E-state index is 0.162. The van der Waals surface area contributed by atoms with E-state index in [2.05, 4.69) is 41.7 Å². The van der Waals surface area contributed by atoms with Gasteiger partial charge in [-0.1, -0.05) is 57.5 Å². The van der Waals surface area contributed by atoms with E-state index in [-0.39, 0.29) is 24.1 Å². The molecule has 0 aliphatic heterocycles. The number of aromatic nitrogens is 4. The van der Waals surface area contributed by atoms with E-state index in [1.54, 1.807) is 17.7 Å². The smallest absolute Gasteiger partial charge is 0.251 e. The average Bonchev–Trinajstić information content (AvgIpc) is 3.43. The lowest BCUT2D eigenvalue weighted by atomic mass is 10.1. The maximum absolute atomic E-state index is 12.4. The molecular formula is C23H21BrN6O2S2. The van der Waals surface area contributed by atoms with Gasteiger partial charge in [0.2, 0.25) is 5.91 Å². The van der Waals surface area contributed by atoms with Crippen molar-refractivity contribution >= 4 is 56.0 Å². The summed E-state index contributed by atoms with van der Waals surface area (Å²) in [6.45, 7) is 2.18. The molecule has 0 aliphatic carbocycles. The Kier molecular flexibility index (Phi) is 7.76. The van der Waals surface area contributed by atoms with Gasteiger partial charge in [-0.2, -0.15) is 0 Å². The second-order valence-corrected chi connectivity index (χ2v) is 10.1. The van der Waals surface area contributed by atoms with Gasteiger partial charge in [-0.15, -0.1) is 21.5 Å². The van der Waals surface area contributed by atoms with Gasteiger partial charge in [-0.05, 0) is 31.2 Å².